The maximum Gasteiger partial charge on any atom is 0.398 e. The Morgan fingerprint density at radius 1 is 1.19 bits per heavy atom. The Bertz CT molecular complexity index is 771. The van der Waals surface area contributed by atoms with Gasteiger partial charge >= 0.3 is 6.18 Å². The van der Waals surface area contributed by atoms with Crippen molar-refractivity contribution in [1.29, 1.82) is 0 Å². The highest BCUT2D eigenvalue weighted by Crippen LogP contribution is 2.43. The molecule has 0 amide bonds. The monoisotopic (exact) mass is 370 g/mol. The zero-order valence-electron chi connectivity index (χ0n) is 15.4. The number of Topliss-reactive ketones (excluding diaryl/α,β-unsaturated/α-hetero) is 1. The third-order valence-corrected chi connectivity index (χ3v) is 4.97. The average Bonchev–Trinajstić information content (AvgIpc) is 3.31. The minimum Gasteiger partial charge on any atom is -0.299 e. The lowest BCUT2D eigenvalue weighted by molar-refractivity contribution is -0.156. The van der Waals surface area contributed by atoms with E-state index in [2.05, 4.69) is 4.98 Å². The van der Waals surface area contributed by atoms with E-state index in [0.717, 1.165) is 17.4 Å². The number of hydrogen-bond donors (Lipinski definition) is 0. The number of rotatable bonds is 4. The fourth-order valence-corrected chi connectivity index (χ4v) is 3.71. The summed E-state index contributed by atoms with van der Waals surface area (Å²) in [5.74, 6) is -1.91. The van der Waals surface area contributed by atoms with Gasteiger partial charge in [-0.2, -0.15) is 13.2 Å². The van der Waals surface area contributed by atoms with E-state index in [-0.39, 0.29) is 48.7 Å². The van der Waals surface area contributed by atoms with E-state index in [1.807, 2.05) is 20.8 Å². The molecule has 0 N–H and O–H groups in total. The molecule has 1 unspecified atom stereocenters. The van der Waals surface area contributed by atoms with Crippen LogP contribution in [0.2, 0.25) is 0 Å². The first kappa shape index (κ1) is 19.1. The summed E-state index contributed by atoms with van der Waals surface area (Å²) in [6.45, 7) is 6.06. The van der Waals surface area contributed by atoms with Gasteiger partial charge in [-0.25, -0.2) is 4.98 Å². The molecule has 0 spiro atoms. The molecule has 144 valence electrons. The van der Waals surface area contributed by atoms with Crippen molar-refractivity contribution in [3.05, 3.63) is 27.4 Å². The molecule has 1 aliphatic carbocycles. The third kappa shape index (κ3) is 4.01. The van der Waals surface area contributed by atoms with Crippen LogP contribution in [0.1, 0.15) is 81.8 Å². The number of fused-ring (bicyclic) bond motifs is 1. The van der Waals surface area contributed by atoms with Crippen LogP contribution in [0.3, 0.4) is 0 Å². The molecule has 3 rings (SSSR count). The van der Waals surface area contributed by atoms with Gasteiger partial charge in [0.2, 0.25) is 0 Å². The van der Waals surface area contributed by atoms with Crippen molar-refractivity contribution in [2.24, 2.45) is 5.41 Å². The summed E-state index contributed by atoms with van der Waals surface area (Å²) in [7, 11) is 0. The average molecular weight is 370 g/mol. The third-order valence-electron chi connectivity index (χ3n) is 4.97. The number of carbonyl (C=O) groups is 1. The Hall–Kier alpha value is -1.66. The van der Waals surface area contributed by atoms with E-state index >= 15 is 0 Å². The Kier molecular flexibility index (Phi) is 4.78. The van der Waals surface area contributed by atoms with Crippen LogP contribution in [-0.2, 0) is 17.8 Å². The van der Waals surface area contributed by atoms with Crippen LogP contribution in [0.4, 0.5) is 13.2 Å². The number of aromatic nitrogens is 2. The van der Waals surface area contributed by atoms with Crippen molar-refractivity contribution in [2.45, 2.75) is 83.9 Å². The van der Waals surface area contributed by atoms with Gasteiger partial charge in [-0.1, -0.05) is 20.8 Å². The molecule has 1 saturated carbocycles. The van der Waals surface area contributed by atoms with Crippen LogP contribution in [-0.4, -0.2) is 21.5 Å². The van der Waals surface area contributed by atoms with E-state index < -0.39 is 17.7 Å². The normalized spacial score (nSPS) is 20.8. The van der Waals surface area contributed by atoms with Crippen LogP contribution in [0.25, 0.3) is 0 Å². The van der Waals surface area contributed by atoms with Gasteiger partial charge in [0.1, 0.15) is 17.5 Å². The highest BCUT2D eigenvalue weighted by molar-refractivity contribution is 5.81. The smallest absolute Gasteiger partial charge is 0.299 e. The van der Waals surface area contributed by atoms with Crippen molar-refractivity contribution >= 4 is 5.78 Å². The fourth-order valence-electron chi connectivity index (χ4n) is 3.71. The molecule has 0 saturated heterocycles. The first-order valence-corrected chi connectivity index (χ1v) is 9.19. The Balaban J connectivity index is 2.04. The molecular formula is C19H25F3N2O2. The van der Waals surface area contributed by atoms with E-state index in [4.69, 9.17) is 0 Å². The Morgan fingerprint density at radius 3 is 2.38 bits per heavy atom. The number of nitrogens with zero attached hydrogens (tertiary/aromatic N) is 2. The summed E-state index contributed by atoms with van der Waals surface area (Å²) in [5.41, 5.74) is 0.0943. The predicted octanol–water partition coefficient (Wildman–Crippen LogP) is 4.11. The molecular weight excluding hydrogens is 345 g/mol. The van der Waals surface area contributed by atoms with Gasteiger partial charge in [0.15, 0.2) is 0 Å². The van der Waals surface area contributed by atoms with E-state index in [0.29, 0.717) is 17.7 Å². The second-order valence-electron chi connectivity index (χ2n) is 8.75. The summed E-state index contributed by atoms with van der Waals surface area (Å²) in [6.07, 6.45) is -2.25. The molecule has 0 radical (unpaired) electrons. The lowest BCUT2D eigenvalue weighted by Crippen LogP contribution is -2.38. The molecule has 1 aromatic rings. The van der Waals surface area contributed by atoms with Crippen molar-refractivity contribution in [3.63, 3.8) is 0 Å². The van der Waals surface area contributed by atoms with Gasteiger partial charge in [0, 0.05) is 30.9 Å². The molecule has 2 aliphatic rings. The maximum absolute atomic E-state index is 13.4. The van der Waals surface area contributed by atoms with Gasteiger partial charge in [-0.05, 0) is 31.1 Å². The molecule has 1 aromatic heterocycles. The van der Waals surface area contributed by atoms with E-state index in [1.54, 1.807) is 0 Å². The highest BCUT2D eigenvalue weighted by Gasteiger charge is 2.45. The molecule has 1 fully saturated rings. The van der Waals surface area contributed by atoms with Gasteiger partial charge in [-0.3, -0.25) is 14.2 Å². The number of alkyl halides is 3. The minimum atomic E-state index is -4.41. The minimum absolute atomic E-state index is 0.0156. The molecule has 0 bridgehead atoms. The van der Waals surface area contributed by atoms with E-state index in [9.17, 15) is 22.8 Å². The zero-order valence-corrected chi connectivity index (χ0v) is 15.4. The summed E-state index contributed by atoms with van der Waals surface area (Å²) in [6, 6.07) is 0. The van der Waals surface area contributed by atoms with Gasteiger partial charge < -0.3 is 0 Å². The summed E-state index contributed by atoms with van der Waals surface area (Å²) >= 11 is 0. The molecule has 26 heavy (non-hydrogen) atoms. The lowest BCUT2D eigenvalue weighted by atomic mass is 9.87. The second kappa shape index (κ2) is 6.50. The zero-order chi connectivity index (χ0) is 19.3. The number of ketones is 1. The standard InChI is InChI=1S/C19H25F3N2O2/c1-18(2,3)10-12(25)9-13-15(11-6-7-11)23-16-14(19(20,21)22)5-4-8-24(16)17(13)26/h11,14H,4-10H2,1-3H3. The SMILES string of the molecule is CC(C)(C)CC(=O)Cc1c(C2CC2)nc2n(c1=O)CCCC2C(F)(F)F. The van der Waals surface area contributed by atoms with Gasteiger partial charge in [-0.15, -0.1) is 0 Å². The largest absolute Gasteiger partial charge is 0.398 e. The first-order valence-electron chi connectivity index (χ1n) is 9.19. The van der Waals surface area contributed by atoms with Crippen LogP contribution in [0.15, 0.2) is 4.79 Å². The van der Waals surface area contributed by atoms with Gasteiger partial charge in [0.05, 0.1) is 5.69 Å². The van der Waals surface area contributed by atoms with Crippen molar-refractivity contribution < 1.29 is 18.0 Å². The lowest BCUT2D eigenvalue weighted by Gasteiger charge is -2.29. The maximum atomic E-state index is 13.4. The molecule has 1 atom stereocenters. The van der Waals surface area contributed by atoms with Crippen LogP contribution >= 0.6 is 0 Å². The Labute approximate surface area is 150 Å². The second-order valence-corrected chi connectivity index (χ2v) is 8.75. The molecule has 0 aromatic carbocycles. The van der Waals surface area contributed by atoms with Crippen LogP contribution in [0, 0.1) is 5.41 Å². The van der Waals surface area contributed by atoms with Crippen LogP contribution in [0.5, 0.6) is 0 Å². The fraction of sp³-hybridized carbons (Fsp3) is 0.737. The number of carbonyl (C=O) groups excluding carboxylic acids is 1. The first-order chi connectivity index (χ1) is 12.0. The topological polar surface area (TPSA) is 52.0 Å². The molecule has 2 heterocycles. The molecule has 1 aliphatic heterocycles. The summed E-state index contributed by atoms with van der Waals surface area (Å²) in [5, 5.41) is 0. The number of hydrogen-bond acceptors (Lipinski definition) is 3. The molecule has 7 heteroatoms. The summed E-state index contributed by atoms with van der Waals surface area (Å²) < 4.78 is 41.3. The van der Waals surface area contributed by atoms with Crippen molar-refractivity contribution in [2.75, 3.05) is 0 Å². The van der Waals surface area contributed by atoms with Crippen molar-refractivity contribution in [1.82, 2.24) is 9.55 Å². The number of halogens is 3. The highest BCUT2D eigenvalue weighted by atomic mass is 19.4. The van der Waals surface area contributed by atoms with Crippen LogP contribution < -0.4 is 5.56 Å². The van der Waals surface area contributed by atoms with E-state index in [1.165, 1.54) is 0 Å². The summed E-state index contributed by atoms with van der Waals surface area (Å²) in [4.78, 5) is 29.7. The molecule has 4 nitrogen and oxygen atoms in total. The van der Waals surface area contributed by atoms with Crippen molar-refractivity contribution in [3.8, 4) is 0 Å². The predicted molar refractivity (Wildman–Crippen MR) is 91.3 cm³/mol. The quantitative estimate of drug-likeness (QED) is 0.802. The van der Waals surface area contributed by atoms with Gasteiger partial charge in [0.25, 0.3) is 5.56 Å². The Morgan fingerprint density at radius 2 is 1.85 bits per heavy atom.